The van der Waals surface area contributed by atoms with Gasteiger partial charge in [-0.05, 0) is 37.1 Å². The lowest BCUT2D eigenvalue weighted by atomic mass is 10.0. The molecule has 0 aliphatic heterocycles. The van der Waals surface area contributed by atoms with Gasteiger partial charge in [-0.15, -0.1) is 0 Å². The molecule has 78 valence electrons. The first-order valence-electron chi connectivity index (χ1n) is 4.91. The van der Waals surface area contributed by atoms with Crippen LogP contribution in [0.5, 0.6) is 5.75 Å². The lowest BCUT2D eigenvalue weighted by Gasteiger charge is -2.12. The summed E-state index contributed by atoms with van der Waals surface area (Å²) in [5, 5.41) is 0. The monoisotopic (exact) mass is 194 g/mol. The van der Waals surface area contributed by atoms with Crippen LogP contribution in [0.1, 0.15) is 25.3 Å². The van der Waals surface area contributed by atoms with E-state index in [4.69, 9.17) is 16.2 Å². The van der Waals surface area contributed by atoms with Crippen LogP contribution in [0, 0.1) is 0 Å². The maximum absolute atomic E-state index is 5.83. The van der Waals surface area contributed by atoms with Crippen molar-refractivity contribution in [2.45, 2.75) is 19.8 Å². The van der Waals surface area contributed by atoms with Gasteiger partial charge in [-0.1, -0.05) is 13.0 Å². The summed E-state index contributed by atoms with van der Waals surface area (Å²) in [6.45, 7) is 5.29. The topological polar surface area (TPSA) is 61.3 Å². The minimum Gasteiger partial charge on any atom is -0.492 e. The van der Waals surface area contributed by atoms with Crippen LogP contribution < -0.4 is 16.2 Å². The molecule has 0 saturated carbocycles. The predicted octanol–water partition coefficient (Wildman–Crippen LogP) is 1.73. The third-order valence-corrected chi connectivity index (χ3v) is 2.26. The summed E-state index contributed by atoms with van der Waals surface area (Å²) >= 11 is 0. The molecule has 0 aliphatic rings. The molecular weight excluding hydrogens is 176 g/mol. The molecule has 0 aliphatic carbocycles. The molecular formula is C11H18N2O. The average Bonchev–Trinajstić information content (AvgIpc) is 2.20. The highest BCUT2D eigenvalue weighted by Crippen LogP contribution is 2.25. The van der Waals surface area contributed by atoms with Gasteiger partial charge in [-0.25, -0.2) is 0 Å². The Kier molecular flexibility index (Phi) is 3.77. The van der Waals surface area contributed by atoms with Gasteiger partial charge in [0.2, 0.25) is 0 Å². The molecule has 0 amide bonds. The Morgan fingerprint density at radius 1 is 1.43 bits per heavy atom. The fourth-order valence-electron chi connectivity index (χ4n) is 1.30. The second kappa shape index (κ2) is 4.86. The van der Waals surface area contributed by atoms with Crippen molar-refractivity contribution in [1.82, 2.24) is 0 Å². The average molecular weight is 194 g/mol. The molecule has 14 heavy (non-hydrogen) atoms. The van der Waals surface area contributed by atoms with Crippen molar-refractivity contribution < 1.29 is 4.74 Å². The van der Waals surface area contributed by atoms with E-state index in [-0.39, 0.29) is 0 Å². The van der Waals surface area contributed by atoms with Crippen LogP contribution >= 0.6 is 0 Å². The summed E-state index contributed by atoms with van der Waals surface area (Å²) < 4.78 is 5.35. The molecule has 4 N–H and O–H groups in total. The maximum Gasteiger partial charge on any atom is 0.142 e. The summed E-state index contributed by atoms with van der Waals surface area (Å²) in [5.74, 6) is 1.09. The zero-order valence-electron chi connectivity index (χ0n) is 8.79. The molecule has 3 heteroatoms. The van der Waals surface area contributed by atoms with Gasteiger partial charge in [0.05, 0.1) is 12.3 Å². The van der Waals surface area contributed by atoms with Gasteiger partial charge in [-0.2, -0.15) is 0 Å². The Hall–Kier alpha value is -1.22. The van der Waals surface area contributed by atoms with Crippen molar-refractivity contribution in [1.29, 1.82) is 0 Å². The Bertz CT molecular complexity index is 299. The minimum absolute atomic E-state index is 0.341. The van der Waals surface area contributed by atoms with Crippen molar-refractivity contribution in [3.8, 4) is 5.75 Å². The molecule has 1 aromatic carbocycles. The van der Waals surface area contributed by atoms with Crippen LogP contribution in [0.4, 0.5) is 5.69 Å². The number of hydrogen-bond donors (Lipinski definition) is 2. The fourth-order valence-corrected chi connectivity index (χ4v) is 1.30. The Morgan fingerprint density at radius 3 is 2.64 bits per heavy atom. The van der Waals surface area contributed by atoms with E-state index in [1.54, 1.807) is 0 Å². The first-order valence-corrected chi connectivity index (χ1v) is 4.91. The molecule has 1 unspecified atom stereocenters. The van der Waals surface area contributed by atoms with Gasteiger partial charge in [-0.3, -0.25) is 0 Å². The molecule has 0 bridgehead atoms. The number of ether oxygens (including phenoxy) is 1. The Balaban J connectivity index is 2.88. The van der Waals surface area contributed by atoms with Crippen LogP contribution in [0.3, 0.4) is 0 Å². The standard InChI is InChI=1S/C11H18N2O/c1-3-14-11-5-4-9(6-10(11)13)8(2)7-12/h4-6,8H,3,7,12-13H2,1-2H3. The van der Waals surface area contributed by atoms with Crippen LogP contribution in [0.25, 0.3) is 0 Å². The fraction of sp³-hybridized carbons (Fsp3) is 0.455. The van der Waals surface area contributed by atoms with E-state index in [1.165, 1.54) is 0 Å². The van der Waals surface area contributed by atoms with E-state index in [0.717, 1.165) is 11.3 Å². The van der Waals surface area contributed by atoms with Crippen molar-refractivity contribution in [3.63, 3.8) is 0 Å². The van der Waals surface area contributed by atoms with E-state index in [0.29, 0.717) is 24.8 Å². The third kappa shape index (κ3) is 2.39. The molecule has 0 fully saturated rings. The molecule has 0 spiro atoms. The zero-order valence-corrected chi connectivity index (χ0v) is 8.79. The predicted molar refractivity (Wildman–Crippen MR) is 59.5 cm³/mol. The molecule has 1 rings (SSSR count). The minimum atomic E-state index is 0.341. The summed E-state index contributed by atoms with van der Waals surface area (Å²) in [4.78, 5) is 0. The SMILES string of the molecule is CCOc1ccc(C(C)CN)cc1N. The third-order valence-electron chi connectivity index (χ3n) is 2.26. The van der Waals surface area contributed by atoms with Crippen molar-refractivity contribution >= 4 is 5.69 Å². The van der Waals surface area contributed by atoms with E-state index in [1.807, 2.05) is 25.1 Å². The number of hydrogen-bond acceptors (Lipinski definition) is 3. The molecule has 0 radical (unpaired) electrons. The summed E-state index contributed by atoms with van der Waals surface area (Å²) in [7, 11) is 0. The number of benzene rings is 1. The summed E-state index contributed by atoms with van der Waals surface area (Å²) in [6, 6.07) is 5.85. The van der Waals surface area contributed by atoms with Crippen molar-refractivity contribution in [2.24, 2.45) is 5.73 Å². The number of anilines is 1. The Morgan fingerprint density at radius 2 is 2.14 bits per heavy atom. The lowest BCUT2D eigenvalue weighted by Crippen LogP contribution is -2.09. The zero-order chi connectivity index (χ0) is 10.6. The number of rotatable bonds is 4. The molecule has 0 saturated heterocycles. The molecule has 3 nitrogen and oxygen atoms in total. The lowest BCUT2D eigenvalue weighted by molar-refractivity contribution is 0.342. The van der Waals surface area contributed by atoms with Gasteiger partial charge < -0.3 is 16.2 Å². The molecule has 1 aromatic rings. The Labute approximate surface area is 85.0 Å². The molecule has 1 atom stereocenters. The number of nitrogen functional groups attached to an aromatic ring is 1. The van der Waals surface area contributed by atoms with E-state index in [9.17, 15) is 0 Å². The van der Waals surface area contributed by atoms with Gasteiger partial charge in [0.25, 0.3) is 0 Å². The van der Waals surface area contributed by atoms with Gasteiger partial charge in [0, 0.05) is 0 Å². The molecule has 0 aromatic heterocycles. The summed E-state index contributed by atoms with van der Waals surface area (Å²) in [6.07, 6.45) is 0. The van der Waals surface area contributed by atoms with Gasteiger partial charge >= 0.3 is 0 Å². The van der Waals surface area contributed by atoms with Gasteiger partial charge in [0.15, 0.2) is 0 Å². The first-order chi connectivity index (χ1) is 6.69. The second-order valence-corrected chi connectivity index (χ2v) is 3.37. The van der Waals surface area contributed by atoms with Crippen LogP contribution in [-0.4, -0.2) is 13.2 Å². The molecule has 0 heterocycles. The second-order valence-electron chi connectivity index (χ2n) is 3.37. The highest BCUT2D eigenvalue weighted by Gasteiger charge is 2.06. The van der Waals surface area contributed by atoms with E-state index >= 15 is 0 Å². The normalized spacial score (nSPS) is 12.5. The smallest absolute Gasteiger partial charge is 0.142 e. The van der Waals surface area contributed by atoms with Crippen LogP contribution in [-0.2, 0) is 0 Å². The highest BCUT2D eigenvalue weighted by atomic mass is 16.5. The van der Waals surface area contributed by atoms with Crippen LogP contribution in [0.2, 0.25) is 0 Å². The van der Waals surface area contributed by atoms with Gasteiger partial charge in [0.1, 0.15) is 5.75 Å². The maximum atomic E-state index is 5.83. The highest BCUT2D eigenvalue weighted by molar-refractivity contribution is 5.54. The number of nitrogens with two attached hydrogens (primary N) is 2. The largest absolute Gasteiger partial charge is 0.492 e. The van der Waals surface area contributed by atoms with Crippen LogP contribution in [0.15, 0.2) is 18.2 Å². The quantitative estimate of drug-likeness (QED) is 0.717. The van der Waals surface area contributed by atoms with Crippen molar-refractivity contribution in [2.75, 3.05) is 18.9 Å². The van der Waals surface area contributed by atoms with E-state index in [2.05, 4.69) is 6.92 Å². The van der Waals surface area contributed by atoms with E-state index < -0.39 is 0 Å². The van der Waals surface area contributed by atoms with Crippen molar-refractivity contribution in [3.05, 3.63) is 23.8 Å². The summed E-state index contributed by atoms with van der Waals surface area (Å²) in [5.41, 5.74) is 13.3. The first kappa shape index (κ1) is 10.9.